The Morgan fingerprint density at radius 3 is 2.22 bits per heavy atom. The molecule has 0 aromatic heterocycles. The fourth-order valence-corrected chi connectivity index (χ4v) is 2.97. The summed E-state index contributed by atoms with van der Waals surface area (Å²) in [5.41, 5.74) is 7.78. The van der Waals surface area contributed by atoms with E-state index in [1.807, 2.05) is 4.90 Å². The lowest BCUT2D eigenvalue weighted by atomic mass is 9.85. The van der Waals surface area contributed by atoms with Gasteiger partial charge in [-0.2, -0.15) is 0 Å². The van der Waals surface area contributed by atoms with Crippen LogP contribution in [0.4, 0.5) is 5.69 Å². The molecule has 23 heavy (non-hydrogen) atoms. The van der Waals surface area contributed by atoms with Gasteiger partial charge in [-0.15, -0.1) is 0 Å². The van der Waals surface area contributed by atoms with Gasteiger partial charge in [0.15, 0.2) is 0 Å². The summed E-state index contributed by atoms with van der Waals surface area (Å²) in [6, 6.07) is 8.48. The van der Waals surface area contributed by atoms with E-state index < -0.39 is 5.91 Å². The van der Waals surface area contributed by atoms with Crippen LogP contribution in [-0.2, 0) is 15.0 Å². The largest absolute Gasteiger partial charge is 0.370 e. The standard InChI is InChI=1S/C18H27N3O2/c1-18(2,3)14-6-4-5-7-15(14)20-10-12-21(13-11-20)17(23)9-8-16(19)22/h4-7H,8-13H2,1-3H3,(H2,19,22). The molecule has 0 saturated carbocycles. The number of nitrogens with zero attached hydrogens (tertiary/aromatic N) is 2. The van der Waals surface area contributed by atoms with Crippen LogP contribution in [0.25, 0.3) is 0 Å². The third-order valence-electron chi connectivity index (χ3n) is 4.27. The number of carbonyl (C=O) groups is 2. The predicted molar refractivity (Wildman–Crippen MR) is 92.4 cm³/mol. The molecule has 2 N–H and O–H groups in total. The Morgan fingerprint density at radius 1 is 1.04 bits per heavy atom. The molecule has 1 saturated heterocycles. The molecule has 1 aromatic rings. The van der Waals surface area contributed by atoms with Crippen molar-refractivity contribution in [2.45, 2.75) is 39.0 Å². The Bertz CT molecular complexity index is 570. The first-order valence-corrected chi connectivity index (χ1v) is 8.19. The van der Waals surface area contributed by atoms with Crippen molar-refractivity contribution in [3.63, 3.8) is 0 Å². The van der Waals surface area contributed by atoms with Crippen molar-refractivity contribution in [2.75, 3.05) is 31.1 Å². The average molecular weight is 317 g/mol. The van der Waals surface area contributed by atoms with Crippen molar-refractivity contribution in [1.82, 2.24) is 4.90 Å². The summed E-state index contributed by atoms with van der Waals surface area (Å²) in [6.07, 6.45) is 0.347. The van der Waals surface area contributed by atoms with E-state index in [2.05, 4.69) is 49.9 Å². The van der Waals surface area contributed by atoms with Gasteiger partial charge in [0.1, 0.15) is 0 Å². The molecule has 0 atom stereocenters. The summed E-state index contributed by atoms with van der Waals surface area (Å²) in [6.45, 7) is 9.66. The van der Waals surface area contributed by atoms with E-state index in [1.54, 1.807) is 0 Å². The molecule has 1 aromatic carbocycles. The summed E-state index contributed by atoms with van der Waals surface area (Å²) in [7, 11) is 0. The molecule has 1 heterocycles. The van der Waals surface area contributed by atoms with Gasteiger partial charge >= 0.3 is 0 Å². The van der Waals surface area contributed by atoms with Crippen LogP contribution in [0, 0.1) is 0 Å². The number of piperazine rings is 1. The minimum atomic E-state index is -0.420. The topological polar surface area (TPSA) is 66.6 Å². The number of nitrogens with two attached hydrogens (primary N) is 1. The van der Waals surface area contributed by atoms with Crippen LogP contribution in [0.3, 0.4) is 0 Å². The van der Waals surface area contributed by atoms with Crippen LogP contribution in [-0.4, -0.2) is 42.9 Å². The predicted octanol–water partition coefficient (Wildman–Crippen LogP) is 1.90. The van der Waals surface area contributed by atoms with E-state index >= 15 is 0 Å². The van der Waals surface area contributed by atoms with E-state index in [4.69, 9.17) is 5.73 Å². The lowest BCUT2D eigenvalue weighted by Gasteiger charge is -2.38. The Balaban J connectivity index is 2.00. The van der Waals surface area contributed by atoms with Gasteiger partial charge in [0.25, 0.3) is 0 Å². The second-order valence-electron chi connectivity index (χ2n) is 7.10. The summed E-state index contributed by atoms with van der Waals surface area (Å²) in [5, 5.41) is 0. The molecule has 5 nitrogen and oxygen atoms in total. The zero-order chi connectivity index (χ0) is 17.0. The van der Waals surface area contributed by atoms with Gasteiger partial charge in [-0.25, -0.2) is 0 Å². The summed E-state index contributed by atoms with van der Waals surface area (Å²) in [4.78, 5) is 27.0. The van der Waals surface area contributed by atoms with Crippen molar-refractivity contribution in [1.29, 1.82) is 0 Å². The quantitative estimate of drug-likeness (QED) is 0.922. The van der Waals surface area contributed by atoms with E-state index in [1.165, 1.54) is 11.3 Å². The molecular weight excluding hydrogens is 290 g/mol. The van der Waals surface area contributed by atoms with Gasteiger partial charge < -0.3 is 15.5 Å². The number of primary amides is 1. The Morgan fingerprint density at radius 2 is 1.65 bits per heavy atom. The molecular formula is C18H27N3O2. The second kappa shape index (κ2) is 7.02. The minimum absolute atomic E-state index is 0.0209. The molecule has 1 aliphatic rings. The molecule has 0 unspecified atom stereocenters. The minimum Gasteiger partial charge on any atom is -0.370 e. The average Bonchev–Trinajstić information content (AvgIpc) is 2.52. The van der Waals surface area contributed by atoms with Crippen LogP contribution in [0.15, 0.2) is 24.3 Å². The van der Waals surface area contributed by atoms with Crippen LogP contribution in [0.1, 0.15) is 39.2 Å². The first kappa shape index (κ1) is 17.3. The first-order valence-electron chi connectivity index (χ1n) is 8.19. The summed E-state index contributed by atoms with van der Waals surface area (Å²) >= 11 is 0. The Hall–Kier alpha value is -2.04. The SMILES string of the molecule is CC(C)(C)c1ccccc1N1CCN(C(=O)CCC(N)=O)CC1. The monoisotopic (exact) mass is 317 g/mol. The van der Waals surface area contributed by atoms with Crippen molar-refractivity contribution in [3.05, 3.63) is 29.8 Å². The van der Waals surface area contributed by atoms with Crippen molar-refractivity contribution >= 4 is 17.5 Å². The van der Waals surface area contributed by atoms with E-state index in [9.17, 15) is 9.59 Å². The van der Waals surface area contributed by atoms with E-state index in [-0.39, 0.29) is 24.2 Å². The number of benzene rings is 1. The third-order valence-corrected chi connectivity index (χ3v) is 4.27. The molecule has 0 bridgehead atoms. The van der Waals surface area contributed by atoms with Crippen LogP contribution < -0.4 is 10.6 Å². The molecule has 2 amide bonds. The molecule has 126 valence electrons. The number of carbonyl (C=O) groups excluding carboxylic acids is 2. The zero-order valence-electron chi connectivity index (χ0n) is 14.3. The number of hydrogen-bond acceptors (Lipinski definition) is 3. The zero-order valence-corrected chi connectivity index (χ0v) is 14.3. The lowest BCUT2D eigenvalue weighted by molar-refractivity contribution is -0.133. The molecule has 1 aliphatic heterocycles. The van der Waals surface area contributed by atoms with Crippen molar-refractivity contribution < 1.29 is 9.59 Å². The van der Waals surface area contributed by atoms with Gasteiger partial charge in [-0.1, -0.05) is 39.0 Å². The maximum Gasteiger partial charge on any atom is 0.223 e. The maximum atomic E-state index is 12.1. The Labute approximate surface area is 138 Å². The highest BCUT2D eigenvalue weighted by Gasteiger charge is 2.25. The first-order chi connectivity index (χ1) is 10.8. The number of para-hydroxylation sites is 1. The molecule has 2 rings (SSSR count). The number of anilines is 1. The smallest absolute Gasteiger partial charge is 0.223 e. The second-order valence-corrected chi connectivity index (χ2v) is 7.10. The highest BCUT2D eigenvalue weighted by Crippen LogP contribution is 2.32. The Kier molecular flexibility index (Phi) is 5.29. The van der Waals surface area contributed by atoms with E-state index in [0.717, 1.165) is 13.1 Å². The van der Waals surface area contributed by atoms with Gasteiger partial charge in [0.2, 0.25) is 11.8 Å². The summed E-state index contributed by atoms with van der Waals surface area (Å²) < 4.78 is 0. The van der Waals surface area contributed by atoms with E-state index in [0.29, 0.717) is 13.1 Å². The third kappa shape index (κ3) is 4.47. The molecule has 0 spiro atoms. The van der Waals surface area contributed by atoms with Gasteiger partial charge in [0, 0.05) is 44.7 Å². The number of amides is 2. The highest BCUT2D eigenvalue weighted by atomic mass is 16.2. The van der Waals surface area contributed by atoms with Crippen molar-refractivity contribution in [3.8, 4) is 0 Å². The highest BCUT2D eigenvalue weighted by molar-refractivity contribution is 5.83. The maximum absolute atomic E-state index is 12.1. The number of rotatable bonds is 4. The van der Waals surface area contributed by atoms with Gasteiger partial charge in [0.05, 0.1) is 0 Å². The molecule has 0 radical (unpaired) electrons. The summed E-state index contributed by atoms with van der Waals surface area (Å²) in [5.74, 6) is -0.399. The lowest BCUT2D eigenvalue weighted by Crippen LogP contribution is -2.49. The van der Waals surface area contributed by atoms with Crippen LogP contribution in [0.5, 0.6) is 0 Å². The normalized spacial score (nSPS) is 15.6. The van der Waals surface area contributed by atoms with Gasteiger partial charge in [-0.3, -0.25) is 9.59 Å². The van der Waals surface area contributed by atoms with Gasteiger partial charge in [-0.05, 0) is 17.0 Å². The van der Waals surface area contributed by atoms with Crippen LogP contribution in [0.2, 0.25) is 0 Å². The molecule has 5 heteroatoms. The molecule has 1 fully saturated rings. The molecule has 0 aliphatic carbocycles. The van der Waals surface area contributed by atoms with Crippen LogP contribution >= 0.6 is 0 Å². The van der Waals surface area contributed by atoms with Crippen molar-refractivity contribution in [2.24, 2.45) is 5.73 Å². The fraction of sp³-hybridized carbons (Fsp3) is 0.556. The number of hydrogen-bond donors (Lipinski definition) is 1. The fourth-order valence-electron chi connectivity index (χ4n) is 2.97.